The molecule has 5 heteroatoms. The van der Waals surface area contributed by atoms with Crippen LogP contribution in [0.15, 0.2) is 42.5 Å². The third-order valence-corrected chi connectivity index (χ3v) is 3.90. The molecule has 0 unspecified atom stereocenters. The van der Waals surface area contributed by atoms with Crippen molar-refractivity contribution in [1.82, 2.24) is 5.32 Å². The lowest BCUT2D eigenvalue weighted by Crippen LogP contribution is -2.27. The van der Waals surface area contributed by atoms with Gasteiger partial charge in [-0.05, 0) is 48.7 Å². The number of amides is 1. The average molecular weight is 343 g/mol. The van der Waals surface area contributed by atoms with Crippen molar-refractivity contribution >= 4 is 5.91 Å². The van der Waals surface area contributed by atoms with Gasteiger partial charge in [0.1, 0.15) is 5.75 Å². The highest BCUT2D eigenvalue weighted by atomic mass is 16.5. The summed E-state index contributed by atoms with van der Waals surface area (Å²) in [6, 6.07) is 13.4. The molecule has 0 aliphatic rings. The Labute approximate surface area is 148 Å². The maximum absolute atomic E-state index is 11.9. The van der Waals surface area contributed by atoms with E-state index in [4.69, 9.17) is 14.2 Å². The van der Waals surface area contributed by atoms with E-state index in [1.807, 2.05) is 49.4 Å². The Balaban J connectivity index is 1.75. The minimum Gasteiger partial charge on any atom is -0.493 e. The third kappa shape index (κ3) is 5.71. The number of para-hydroxylation sites is 1. The average Bonchev–Trinajstić information content (AvgIpc) is 2.63. The quantitative estimate of drug-likeness (QED) is 0.760. The zero-order valence-electron chi connectivity index (χ0n) is 15.0. The number of hydrogen-bond donors (Lipinski definition) is 1. The van der Waals surface area contributed by atoms with Gasteiger partial charge in [0.15, 0.2) is 11.5 Å². The molecule has 2 aromatic carbocycles. The van der Waals surface area contributed by atoms with Crippen LogP contribution in [0.4, 0.5) is 0 Å². The van der Waals surface area contributed by atoms with Crippen LogP contribution in [0.5, 0.6) is 17.2 Å². The molecule has 0 aliphatic heterocycles. The fourth-order valence-corrected chi connectivity index (χ4v) is 2.50. The van der Waals surface area contributed by atoms with E-state index in [2.05, 4.69) is 5.32 Å². The van der Waals surface area contributed by atoms with Gasteiger partial charge < -0.3 is 19.5 Å². The number of ether oxygens (including phenoxy) is 3. The van der Waals surface area contributed by atoms with Gasteiger partial charge in [0, 0.05) is 6.54 Å². The fourth-order valence-electron chi connectivity index (χ4n) is 2.50. The van der Waals surface area contributed by atoms with Gasteiger partial charge in [0.05, 0.1) is 27.2 Å². The van der Waals surface area contributed by atoms with Gasteiger partial charge in [-0.15, -0.1) is 0 Å². The molecule has 0 saturated heterocycles. The van der Waals surface area contributed by atoms with E-state index in [0.717, 1.165) is 23.3 Å². The van der Waals surface area contributed by atoms with Crippen molar-refractivity contribution in [1.29, 1.82) is 0 Å². The van der Waals surface area contributed by atoms with Gasteiger partial charge in [-0.1, -0.05) is 18.2 Å². The van der Waals surface area contributed by atoms with Crippen LogP contribution in [-0.4, -0.2) is 33.3 Å². The summed E-state index contributed by atoms with van der Waals surface area (Å²) in [5.41, 5.74) is 2.23. The molecular weight excluding hydrogens is 318 g/mol. The van der Waals surface area contributed by atoms with Gasteiger partial charge >= 0.3 is 0 Å². The lowest BCUT2D eigenvalue weighted by molar-refractivity contribution is -0.121. The van der Waals surface area contributed by atoms with Crippen LogP contribution in [0.25, 0.3) is 0 Å². The molecule has 0 saturated carbocycles. The molecule has 25 heavy (non-hydrogen) atoms. The summed E-state index contributed by atoms with van der Waals surface area (Å²) in [6.07, 6.45) is 1.07. The Kier molecular flexibility index (Phi) is 7.14. The molecule has 1 N–H and O–H groups in total. The van der Waals surface area contributed by atoms with Gasteiger partial charge in [0.2, 0.25) is 5.91 Å². The topological polar surface area (TPSA) is 56.8 Å². The number of rotatable bonds is 9. The van der Waals surface area contributed by atoms with E-state index in [1.54, 1.807) is 14.2 Å². The van der Waals surface area contributed by atoms with Crippen molar-refractivity contribution < 1.29 is 19.0 Å². The smallest absolute Gasteiger partial charge is 0.223 e. The molecule has 1 amide bonds. The van der Waals surface area contributed by atoms with Gasteiger partial charge in [-0.3, -0.25) is 4.79 Å². The minimum absolute atomic E-state index is 0.0194. The molecule has 0 aromatic heterocycles. The lowest BCUT2D eigenvalue weighted by Gasteiger charge is -2.13. The van der Waals surface area contributed by atoms with Gasteiger partial charge in [-0.2, -0.15) is 0 Å². The zero-order valence-corrected chi connectivity index (χ0v) is 15.0. The second-order valence-electron chi connectivity index (χ2n) is 5.65. The molecular formula is C20H25NO4. The van der Waals surface area contributed by atoms with Gasteiger partial charge in [0.25, 0.3) is 0 Å². The summed E-state index contributed by atoms with van der Waals surface area (Å²) >= 11 is 0. The second kappa shape index (κ2) is 9.57. The van der Waals surface area contributed by atoms with Crippen molar-refractivity contribution in [2.75, 3.05) is 27.4 Å². The van der Waals surface area contributed by atoms with Crippen LogP contribution in [0, 0.1) is 6.92 Å². The van der Waals surface area contributed by atoms with Crippen molar-refractivity contribution in [2.45, 2.75) is 19.8 Å². The molecule has 0 atom stereocenters. The van der Waals surface area contributed by atoms with Crippen LogP contribution in [-0.2, 0) is 11.2 Å². The molecule has 134 valence electrons. The third-order valence-electron chi connectivity index (χ3n) is 3.90. The Morgan fingerprint density at radius 1 is 1.04 bits per heavy atom. The Morgan fingerprint density at radius 3 is 2.40 bits per heavy atom. The Morgan fingerprint density at radius 2 is 1.72 bits per heavy atom. The van der Waals surface area contributed by atoms with Crippen molar-refractivity contribution in [3.05, 3.63) is 53.6 Å². The van der Waals surface area contributed by atoms with Crippen LogP contribution in [0.2, 0.25) is 0 Å². The lowest BCUT2D eigenvalue weighted by atomic mass is 10.0. The fraction of sp³-hybridized carbons (Fsp3) is 0.350. The number of benzene rings is 2. The van der Waals surface area contributed by atoms with E-state index in [9.17, 15) is 4.79 Å². The van der Waals surface area contributed by atoms with E-state index >= 15 is 0 Å². The predicted octanol–water partition coefficient (Wildman–Crippen LogP) is 3.14. The van der Waals surface area contributed by atoms with E-state index < -0.39 is 0 Å². The summed E-state index contributed by atoms with van der Waals surface area (Å²) in [6.45, 7) is 2.96. The number of carbonyl (C=O) groups is 1. The standard InChI is InChI=1S/C20H25NO4/c1-15-13-18(23-2)19(24-3)14-16(15)9-11-21-20(22)10-12-25-17-7-5-4-6-8-17/h4-8,13-14H,9-12H2,1-3H3,(H,21,22). The highest BCUT2D eigenvalue weighted by molar-refractivity contribution is 5.76. The van der Waals surface area contributed by atoms with Gasteiger partial charge in [-0.25, -0.2) is 0 Å². The largest absolute Gasteiger partial charge is 0.493 e. The van der Waals surface area contributed by atoms with Crippen molar-refractivity contribution in [2.24, 2.45) is 0 Å². The molecule has 0 fully saturated rings. The van der Waals surface area contributed by atoms with Crippen LogP contribution in [0.3, 0.4) is 0 Å². The number of carbonyl (C=O) groups excluding carboxylic acids is 1. The van der Waals surface area contributed by atoms with Crippen LogP contribution in [0.1, 0.15) is 17.5 Å². The second-order valence-corrected chi connectivity index (χ2v) is 5.65. The number of methoxy groups -OCH3 is 2. The summed E-state index contributed by atoms with van der Waals surface area (Å²) < 4.78 is 16.1. The number of nitrogens with one attached hydrogen (secondary N) is 1. The molecule has 2 rings (SSSR count). The van der Waals surface area contributed by atoms with Crippen LogP contribution >= 0.6 is 0 Å². The summed E-state index contributed by atoms with van der Waals surface area (Å²) in [4.78, 5) is 11.9. The first kappa shape index (κ1) is 18.6. The first-order valence-electron chi connectivity index (χ1n) is 8.30. The van der Waals surface area contributed by atoms with E-state index in [-0.39, 0.29) is 5.91 Å². The highest BCUT2D eigenvalue weighted by Crippen LogP contribution is 2.30. The predicted molar refractivity (Wildman–Crippen MR) is 97.6 cm³/mol. The Hall–Kier alpha value is -2.69. The molecule has 0 heterocycles. The summed E-state index contributed by atoms with van der Waals surface area (Å²) in [7, 11) is 3.24. The normalized spacial score (nSPS) is 10.2. The first-order valence-corrected chi connectivity index (χ1v) is 8.30. The maximum atomic E-state index is 11.9. The van der Waals surface area contributed by atoms with Crippen molar-refractivity contribution in [3.8, 4) is 17.2 Å². The van der Waals surface area contributed by atoms with Crippen molar-refractivity contribution in [3.63, 3.8) is 0 Å². The SMILES string of the molecule is COc1cc(C)c(CCNC(=O)CCOc2ccccc2)cc1OC. The number of aryl methyl sites for hydroxylation is 1. The summed E-state index contributed by atoms with van der Waals surface area (Å²) in [5, 5.41) is 2.92. The molecule has 2 aromatic rings. The highest BCUT2D eigenvalue weighted by Gasteiger charge is 2.09. The molecule has 0 aliphatic carbocycles. The number of hydrogen-bond acceptors (Lipinski definition) is 4. The maximum Gasteiger partial charge on any atom is 0.223 e. The van der Waals surface area contributed by atoms with E-state index in [0.29, 0.717) is 31.1 Å². The molecule has 0 bridgehead atoms. The first-order chi connectivity index (χ1) is 12.1. The van der Waals surface area contributed by atoms with E-state index in [1.165, 1.54) is 0 Å². The zero-order chi connectivity index (χ0) is 18.1. The molecule has 0 spiro atoms. The molecule has 0 radical (unpaired) electrons. The summed E-state index contributed by atoms with van der Waals surface area (Å²) in [5.74, 6) is 2.17. The monoisotopic (exact) mass is 343 g/mol. The minimum atomic E-state index is -0.0194. The van der Waals surface area contributed by atoms with Crippen LogP contribution < -0.4 is 19.5 Å². The Bertz CT molecular complexity index is 686. The molecule has 5 nitrogen and oxygen atoms in total.